The average molecular weight is 184 g/mol. The maximum absolute atomic E-state index is 12.3. The number of hydrazine groups is 1. The third kappa shape index (κ3) is 1.94. The molecule has 1 amide bonds. The number of para-hydroxylation sites is 1. The summed E-state index contributed by atoms with van der Waals surface area (Å²) in [5.41, 5.74) is 0.0926. The fourth-order valence-corrected chi connectivity index (χ4v) is 0.936. The summed E-state index contributed by atoms with van der Waals surface area (Å²) in [4.78, 5) is 11.1. The summed E-state index contributed by atoms with van der Waals surface area (Å²) in [6.07, 6.45) is 0. The van der Waals surface area contributed by atoms with Crippen LogP contribution in [0.2, 0.25) is 0 Å². The van der Waals surface area contributed by atoms with E-state index in [2.05, 4.69) is 5.84 Å². The number of carbonyl (C=O) groups is 1. The highest BCUT2D eigenvalue weighted by molar-refractivity contribution is 5.95. The van der Waals surface area contributed by atoms with Crippen LogP contribution in [0.4, 0.5) is 4.48 Å². The summed E-state index contributed by atoms with van der Waals surface area (Å²) >= 11 is 0. The van der Waals surface area contributed by atoms with Crippen LogP contribution in [-0.2, 0) is 0 Å². The highest BCUT2D eigenvalue weighted by Gasteiger charge is 2.15. The van der Waals surface area contributed by atoms with Crippen molar-refractivity contribution < 1.29 is 14.0 Å². The minimum absolute atomic E-state index is 0.0926. The SMILES string of the molecule is COc1ccccc1C(=O)N(N)F. The van der Waals surface area contributed by atoms with Gasteiger partial charge in [0.2, 0.25) is 0 Å². The predicted octanol–water partition coefficient (Wildman–Crippen LogP) is 0.896. The van der Waals surface area contributed by atoms with E-state index in [9.17, 15) is 9.28 Å². The van der Waals surface area contributed by atoms with Gasteiger partial charge in [0.1, 0.15) is 5.75 Å². The summed E-state index contributed by atoms with van der Waals surface area (Å²) in [5, 5.41) is -0.474. The number of hydrogen-bond acceptors (Lipinski definition) is 3. The Kier molecular flexibility index (Phi) is 2.81. The van der Waals surface area contributed by atoms with E-state index in [1.807, 2.05) is 0 Å². The van der Waals surface area contributed by atoms with Crippen LogP contribution in [0.15, 0.2) is 24.3 Å². The van der Waals surface area contributed by atoms with Gasteiger partial charge in [-0.3, -0.25) is 4.79 Å². The van der Waals surface area contributed by atoms with Crippen molar-refractivity contribution in [2.75, 3.05) is 7.11 Å². The summed E-state index contributed by atoms with van der Waals surface area (Å²) in [7, 11) is 1.39. The molecular weight excluding hydrogens is 175 g/mol. The molecule has 4 nitrogen and oxygen atoms in total. The van der Waals surface area contributed by atoms with Gasteiger partial charge in [0.05, 0.1) is 12.7 Å². The lowest BCUT2D eigenvalue weighted by Gasteiger charge is -2.08. The number of benzene rings is 1. The molecule has 2 N–H and O–H groups in total. The second kappa shape index (κ2) is 3.86. The van der Waals surface area contributed by atoms with Gasteiger partial charge in [-0.1, -0.05) is 16.6 Å². The van der Waals surface area contributed by atoms with Crippen molar-refractivity contribution in [1.82, 2.24) is 5.23 Å². The lowest BCUT2D eigenvalue weighted by Crippen LogP contribution is -2.29. The van der Waals surface area contributed by atoms with Crippen LogP contribution < -0.4 is 10.6 Å². The van der Waals surface area contributed by atoms with Crippen LogP contribution in [0.5, 0.6) is 5.75 Å². The largest absolute Gasteiger partial charge is 0.496 e. The predicted molar refractivity (Wildman–Crippen MR) is 44.5 cm³/mol. The number of nitrogens with zero attached hydrogens (tertiary/aromatic N) is 1. The molecule has 0 aromatic heterocycles. The molecule has 0 unspecified atom stereocenters. The van der Waals surface area contributed by atoms with Crippen molar-refractivity contribution in [3.05, 3.63) is 29.8 Å². The monoisotopic (exact) mass is 184 g/mol. The molecule has 0 aliphatic heterocycles. The average Bonchev–Trinajstić information content (AvgIpc) is 2.16. The first-order valence-electron chi connectivity index (χ1n) is 3.54. The second-order valence-corrected chi connectivity index (χ2v) is 2.32. The molecule has 1 aromatic carbocycles. The van der Waals surface area contributed by atoms with Crippen molar-refractivity contribution in [3.63, 3.8) is 0 Å². The Morgan fingerprint density at radius 2 is 2.15 bits per heavy atom. The molecule has 13 heavy (non-hydrogen) atoms. The van der Waals surface area contributed by atoms with Crippen molar-refractivity contribution in [1.29, 1.82) is 0 Å². The standard InChI is InChI=1S/C8H9FN2O2/c1-13-7-5-3-2-4-6(7)8(12)11(9)10/h2-5H,10H2,1H3. The number of amides is 1. The molecule has 0 aliphatic carbocycles. The van der Waals surface area contributed by atoms with Gasteiger partial charge < -0.3 is 4.74 Å². The van der Waals surface area contributed by atoms with Crippen molar-refractivity contribution in [3.8, 4) is 5.75 Å². The molecule has 0 radical (unpaired) electrons. The van der Waals surface area contributed by atoms with Gasteiger partial charge >= 0.3 is 0 Å². The second-order valence-electron chi connectivity index (χ2n) is 2.32. The van der Waals surface area contributed by atoms with Crippen molar-refractivity contribution in [2.24, 2.45) is 5.84 Å². The summed E-state index contributed by atoms with van der Waals surface area (Å²) in [5.74, 6) is 4.01. The quantitative estimate of drug-likeness (QED) is 0.321. The van der Waals surface area contributed by atoms with E-state index in [4.69, 9.17) is 4.74 Å². The number of hydrogen-bond donors (Lipinski definition) is 1. The van der Waals surface area contributed by atoms with Crippen LogP contribution in [0.1, 0.15) is 10.4 Å². The Morgan fingerprint density at radius 3 is 2.69 bits per heavy atom. The third-order valence-corrected chi connectivity index (χ3v) is 1.53. The number of methoxy groups -OCH3 is 1. The van der Waals surface area contributed by atoms with E-state index >= 15 is 0 Å². The summed E-state index contributed by atoms with van der Waals surface area (Å²) < 4.78 is 17.1. The molecule has 1 aromatic rings. The minimum Gasteiger partial charge on any atom is -0.496 e. The zero-order valence-corrected chi connectivity index (χ0v) is 7.03. The van der Waals surface area contributed by atoms with Gasteiger partial charge in [0.25, 0.3) is 5.91 Å². The van der Waals surface area contributed by atoms with Crippen molar-refractivity contribution >= 4 is 5.91 Å². The Labute approximate surface area is 74.6 Å². The first kappa shape index (κ1) is 9.47. The van der Waals surface area contributed by atoms with E-state index in [-0.39, 0.29) is 5.56 Å². The van der Waals surface area contributed by atoms with Crippen molar-refractivity contribution in [2.45, 2.75) is 0 Å². The highest BCUT2D eigenvalue weighted by Crippen LogP contribution is 2.18. The molecular formula is C8H9FN2O2. The van der Waals surface area contributed by atoms with Gasteiger partial charge in [-0.2, -0.15) is 0 Å². The van der Waals surface area contributed by atoms with E-state index in [1.165, 1.54) is 13.2 Å². The molecule has 0 saturated carbocycles. The van der Waals surface area contributed by atoms with E-state index < -0.39 is 11.1 Å². The first-order valence-corrected chi connectivity index (χ1v) is 3.54. The normalized spacial score (nSPS) is 9.46. The van der Waals surface area contributed by atoms with Gasteiger partial charge in [-0.25, -0.2) is 5.84 Å². The van der Waals surface area contributed by atoms with E-state index in [1.54, 1.807) is 18.2 Å². The number of nitrogens with two attached hydrogens (primary N) is 1. The fraction of sp³-hybridized carbons (Fsp3) is 0.125. The summed E-state index contributed by atoms with van der Waals surface area (Å²) in [6.45, 7) is 0. The Balaban J connectivity index is 3.06. The van der Waals surface area contributed by atoms with Crippen LogP contribution in [0, 0.1) is 0 Å². The number of carbonyl (C=O) groups excluding carboxylic acids is 1. The molecule has 0 spiro atoms. The molecule has 0 fully saturated rings. The Bertz CT molecular complexity index is 315. The maximum Gasteiger partial charge on any atom is 0.300 e. The van der Waals surface area contributed by atoms with Crippen LogP contribution in [0.25, 0.3) is 0 Å². The van der Waals surface area contributed by atoms with Gasteiger partial charge in [-0.05, 0) is 12.1 Å². The van der Waals surface area contributed by atoms with Gasteiger partial charge in [0.15, 0.2) is 0 Å². The zero-order valence-electron chi connectivity index (χ0n) is 7.03. The van der Waals surface area contributed by atoms with Crippen LogP contribution in [0.3, 0.4) is 0 Å². The summed E-state index contributed by atoms with van der Waals surface area (Å²) in [6, 6.07) is 6.26. The fourth-order valence-electron chi connectivity index (χ4n) is 0.936. The Hall–Kier alpha value is -1.62. The topological polar surface area (TPSA) is 55.6 Å². The highest BCUT2D eigenvalue weighted by atomic mass is 19.2. The first-order chi connectivity index (χ1) is 6.16. The molecule has 0 saturated heterocycles. The molecule has 0 heterocycles. The van der Waals surface area contributed by atoms with Gasteiger partial charge in [0, 0.05) is 0 Å². The number of rotatable bonds is 2. The van der Waals surface area contributed by atoms with Crippen LogP contribution in [-0.4, -0.2) is 18.2 Å². The zero-order chi connectivity index (χ0) is 9.84. The lowest BCUT2D eigenvalue weighted by molar-refractivity contribution is 0.0189. The lowest BCUT2D eigenvalue weighted by atomic mass is 10.2. The smallest absolute Gasteiger partial charge is 0.300 e. The molecule has 0 bridgehead atoms. The van der Waals surface area contributed by atoms with Crippen LogP contribution >= 0.6 is 0 Å². The molecule has 0 aliphatic rings. The van der Waals surface area contributed by atoms with Gasteiger partial charge in [-0.15, -0.1) is 5.23 Å². The molecule has 1 rings (SSSR count). The van der Waals surface area contributed by atoms with E-state index in [0.717, 1.165) is 0 Å². The number of ether oxygens (including phenoxy) is 1. The minimum atomic E-state index is -0.933. The molecule has 70 valence electrons. The number of halogens is 1. The van der Waals surface area contributed by atoms with E-state index in [0.29, 0.717) is 5.75 Å². The third-order valence-electron chi connectivity index (χ3n) is 1.53. The Morgan fingerprint density at radius 1 is 1.54 bits per heavy atom. The maximum atomic E-state index is 12.3. The molecule has 0 atom stereocenters. The molecule has 5 heteroatoms.